The molecule has 4 rings (SSSR count). The van der Waals surface area contributed by atoms with Crippen molar-refractivity contribution in [3.05, 3.63) is 82.7 Å². The number of aromatic nitrogens is 3. The Hall–Kier alpha value is -3.32. The molecule has 1 aliphatic rings. The molecule has 2 amide bonds. The normalized spacial score (nSPS) is 16.1. The molecule has 8 heteroatoms. The molecule has 31 heavy (non-hydrogen) atoms. The van der Waals surface area contributed by atoms with Gasteiger partial charge in [-0.2, -0.15) is 0 Å². The van der Waals surface area contributed by atoms with Crippen LogP contribution in [0.1, 0.15) is 57.5 Å². The van der Waals surface area contributed by atoms with Crippen LogP contribution >= 0.6 is 11.6 Å². The second-order valence-electron chi connectivity index (χ2n) is 7.44. The molecule has 1 saturated heterocycles. The van der Waals surface area contributed by atoms with Crippen LogP contribution in [0, 0.1) is 6.92 Å². The van der Waals surface area contributed by atoms with Gasteiger partial charge in [0.2, 0.25) is 0 Å². The van der Waals surface area contributed by atoms with Crippen LogP contribution in [-0.2, 0) is 0 Å². The summed E-state index contributed by atoms with van der Waals surface area (Å²) in [5.41, 5.74) is 2.14. The van der Waals surface area contributed by atoms with Gasteiger partial charge in [-0.1, -0.05) is 11.6 Å². The van der Waals surface area contributed by atoms with Crippen molar-refractivity contribution >= 4 is 29.1 Å². The molecule has 0 saturated carbocycles. The van der Waals surface area contributed by atoms with Crippen LogP contribution in [0.4, 0.5) is 5.69 Å². The van der Waals surface area contributed by atoms with E-state index in [2.05, 4.69) is 20.3 Å². The molecule has 0 spiro atoms. The van der Waals surface area contributed by atoms with Gasteiger partial charge in [0, 0.05) is 35.8 Å². The molecule has 2 aromatic heterocycles. The lowest BCUT2D eigenvalue weighted by atomic mass is 10.00. The number of piperidine rings is 1. The first-order valence-electron chi connectivity index (χ1n) is 10.1. The standard InChI is InChI=1S/C23H22ClN5O2/c1-15-19(22(30)28-18-9-7-17(24)8-10-18)14-26-21(27-15)20-6-2-3-12-29(20)23(31)16-5-4-11-25-13-16/h4-5,7-11,13-14,20H,2-3,6,12H2,1H3,(H,28,30)/t20-/m1/s1. The number of nitrogens with zero attached hydrogens (tertiary/aromatic N) is 4. The van der Waals surface area contributed by atoms with Crippen molar-refractivity contribution in [3.63, 3.8) is 0 Å². The predicted molar refractivity (Wildman–Crippen MR) is 118 cm³/mol. The van der Waals surface area contributed by atoms with Gasteiger partial charge in [-0.25, -0.2) is 9.97 Å². The summed E-state index contributed by atoms with van der Waals surface area (Å²) in [6.07, 6.45) is 7.45. The largest absolute Gasteiger partial charge is 0.328 e. The van der Waals surface area contributed by atoms with E-state index in [0.717, 1.165) is 19.3 Å². The van der Waals surface area contributed by atoms with Gasteiger partial charge < -0.3 is 10.2 Å². The van der Waals surface area contributed by atoms with E-state index in [1.54, 1.807) is 55.7 Å². The third-order valence-corrected chi connectivity index (χ3v) is 5.57. The first kappa shape index (κ1) is 20.9. The lowest BCUT2D eigenvalue weighted by Crippen LogP contribution is -2.39. The van der Waals surface area contributed by atoms with E-state index in [-0.39, 0.29) is 17.9 Å². The zero-order valence-corrected chi connectivity index (χ0v) is 17.8. The zero-order valence-electron chi connectivity index (χ0n) is 17.1. The number of carbonyl (C=O) groups excluding carboxylic acids is 2. The van der Waals surface area contributed by atoms with Crippen molar-refractivity contribution in [1.82, 2.24) is 19.9 Å². The Balaban J connectivity index is 1.55. The summed E-state index contributed by atoms with van der Waals surface area (Å²) in [5, 5.41) is 3.42. The molecule has 1 aliphatic heterocycles. The number of halogens is 1. The molecule has 1 aromatic carbocycles. The van der Waals surface area contributed by atoms with E-state index in [1.807, 2.05) is 4.90 Å². The average molecular weight is 436 g/mol. The minimum absolute atomic E-state index is 0.0800. The number of nitrogens with one attached hydrogen (secondary N) is 1. The van der Waals surface area contributed by atoms with E-state index in [9.17, 15) is 9.59 Å². The van der Waals surface area contributed by atoms with Gasteiger partial charge in [0.25, 0.3) is 11.8 Å². The molecule has 1 fully saturated rings. The van der Waals surface area contributed by atoms with E-state index in [1.165, 1.54) is 6.20 Å². The van der Waals surface area contributed by atoms with Crippen LogP contribution in [-0.4, -0.2) is 38.2 Å². The average Bonchev–Trinajstić information content (AvgIpc) is 2.80. The SMILES string of the molecule is Cc1nc([C@H]2CCCCN2C(=O)c2cccnc2)ncc1C(=O)Nc1ccc(Cl)cc1. The fraction of sp³-hybridized carbons (Fsp3) is 0.261. The van der Waals surface area contributed by atoms with Gasteiger partial charge >= 0.3 is 0 Å². The number of hydrogen-bond acceptors (Lipinski definition) is 5. The number of hydrogen-bond donors (Lipinski definition) is 1. The van der Waals surface area contributed by atoms with E-state index in [4.69, 9.17) is 11.6 Å². The Morgan fingerprint density at radius 1 is 1.13 bits per heavy atom. The highest BCUT2D eigenvalue weighted by Crippen LogP contribution is 2.30. The highest BCUT2D eigenvalue weighted by Gasteiger charge is 2.31. The predicted octanol–water partition coefficient (Wildman–Crippen LogP) is 4.45. The van der Waals surface area contributed by atoms with E-state index >= 15 is 0 Å². The number of anilines is 1. The Kier molecular flexibility index (Phi) is 6.23. The Bertz CT molecular complexity index is 1090. The minimum Gasteiger partial charge on any atom is -0.328 e. The smallest absolute Gasteiger partial charge is 0.259 e. The number of carbonyl (C=O) groups is 2. The molecular weight excluding hydrogens is 414 g/mol. The van der Waals surface area contributed by atoms with Crippen LogP contribution < -0.4 is 5.32 Å². The van der Waals surface area contributed by atoms with Crippen LogP contribution in [0.25, 0.3) is 0 Å². The van der Waals surface area contributed by atoms with Crippen molar-refractivity contribution in [1.29, 1.82) is 0 Å². The summed E-state index contributed by atoms with van der Waals surface area (Å²) in [6, 6.07) is 10.2. The molecular formula is C23H22ClN5O2. The summed E-state index contributed by atoms with van der Waals surface area (Å²) in [7, 11) is 0. The van der Waals surface area contributed by atoms with Crippen molar-refractivity contribution in [2.45, 2.75) is 32.2 Å². The maximum Gasteiger partial charge on any atom is 0.259 e. The molecule has 158 valence electrons. The number of benzene rings is 1. The van der Waals surface area contributed by atoms with Crippen molar-refractivity contribution in [2.75, 3.05) is 11.9 Å². The maximum atomic E-state index is 13.0. The summed E-state index contributed by atoms with van der Waals surface area (Å²) >= 11 is 5.89. The first-order chi connectivity index (χ1) is 15.0. The molecule has 0 unspecified atom stereocenters. The number of pyridine rings is 1. The number of aryl methyl sites for hydroxylation is 1. The van der Waals surface area contributed by atoms with Crippen LogP contribution in [0.5, 0.6) is 0 Å². The van der Waals surface area contributed by atoms with Gasteiger partial charge in [-0.05, 0) is 62.6 Å². The molecule has 1 N–H and O–H groups in total. The van der Waals surface area contributed by atoms with E-state index < -0.39 is 0 Å². The summed E-state index contributed by atoms with van der Waals surface area (Å²) < 4.78 is 0. The summed E-state index contributed by atoms with van der Waals surface area (Å²) in [6.45, 7) is 2.41. The monoisotopic (exact) mass is 435 g/mol. The fourth-order valence-corrected chi connectivity index (χ4v) is 3.82. The van der Waals surface area contributed by atoms with Gasteiger partial charge in [0.05, 0.1) is 22.9 Å². The first-order valence-corrected chi connectivity index (χ1v) is 10.5. The molecule has 7 nitrogen and oxygen atoms in total. The lowest BCUT2D eigenvalue weighted by molar-refractivity contribution is 0.0598. The van der Waals surface area contributed by atoms with E-state index in [0.29, 0.717) is 39.9 Å². The Morgan fingerprint density at radius 2 is 1.94 bits per heavy atom. The number of amides is 2. The third-order valence-electron chi connectivity index (χ3n) is 5.31. The molecule has 1 atom stereocenters. The Labute approximate surface area is 185 Å². The summed E-state index contributed by atoms with van der Waals surface area (Å²) in [4.78, 5) is 40.6. The highest BCUT2D eigenvalue weighted by molar-refractivity contribution is 6.30. The zero-order chi connectivity index (χ0) is 21.8. The van der Waals surface area contributed by atoms with Crippen molar-refractivity contribution < 1.29 is 9.59 Å². The molecule has 3 heterocycles. The minimum atomic E-state index is -0.293. The van der Waals surface area contributed by atoms with Crippen molar-refractivity contribution in [2.24, 2.45) is 0 Å². The number of rotatable bonds is 4. The topological polar surface area (TPSA) is 88.1 Å². The second kappa shape index (κ2) is 9.22. The Morgan fingerprint density at radius 3 is 2.65 bits per heavy atom. The molecule has 0 aliphatic carbocycles. The molecule has 3 aromatic rings. The van der Waals surface area contributed by atoms with Crippen molar-refractivity contribution in [3.8, 4) is 0 Å². The highest BCUT2D eigenvalue weighted by atomic mass is 35.5. The molecule has 0 bridgehead atoms. The van der Waals surface area contributed by atoms with Crippen LogP contribution in [0.15, 0.2) is 55.0 Å². The van der Waals surface area contributed by atoms with Crippen LogP contribution in [0.2, 0.25) is 5.02 Å². The van der Waals surface area contributed by atoms with Crippen LogP contribution in [0.3, 0.4) is 0 Å². The summed E-state index contributed by atoms with van der Waals surface area (Å²) in [5.74, 6) is 0.180. The molecule has 0 radical (unpaired) electrons. The fourth-order valence-electron chi connectivity index (χ4n) is 3.70. The van der Waals surface area contributed by atoms with Gasteiger partial charge in [-0.15, -0.1) is 0 Å². The maximum absolute atomic E-state index is 13.0. The second-order valence-corrected chi connectivity index (χ2v) is 7.88. The lowest BCUT2D eigenvalue weighted by Gasteiger charge is -2.34. The third kappa shape index (κ3) is 4.72. The van der Waals surface area contributed by atoms with Gasteiger partial charge in [0.15, 0.2) is 5.82 Å². The quantitative estimate of drug-likeness (QED) is 0.653. The number of likely N-dealkylation sites (tertiary alicyclic amines) is 1. The van der Waals surface area contributed by atoms with Gasteiger partial charge in [-0.3, -0.25) is 14.6 Å². The van der Waals surface area contributed by atoms with Gasteiger partial charge in [0.1, 0.15) is 0 Å².